The van der Waals surface area contributed by atoms with Gasteiger partial charge in [0.2, 0.25) is 0 Å². The van der Waals surface area contributed by atoms with Crippen LogP contribution in [0.5, 0.6) is 5.75 Å². The van der Waals surface area contributed by atoms with Crippen LogP contribution in [0.3, 0.4) is 0 Å². The predicted octanol–water partition coefficient (Wildman–Crippen LogP) is 2.70. The zero-order valence-corrected chi connectivity index (χ0v) is 13.9. The number of benzene rings is 1. The van der Waals surface area contributed by atoms with Crippen molar-refractivity contribution in [3.63, 3.8) is 0 Å². The minimum Gasteiger partial charge on any atom is -0.494 e. The van der Waals surface area contributed by atoms with Gasteiger partial charge >= 0.3 is 0 Å². The van der Waals surface area contributed by atoms with E-state index in [0.29, 0.717) is 22.4 Å². The Bertz CT molecular complexity index is 552. The molecule has 1 aromatic carbocycles. The molecule has 108 valence electrons. The summed E-state index contributed by atoms with van der Waals surface area (Å²) in [7, 11) is -3.39. The van der Waals surface area contributed by atoms with Crippen LogP contribution in [0.4, 0.5) is 0 Å². The van der Waals surface area contributed by atoms with Crippen molar-refractivity contribution in [1.29, 1.82) is 0 Å². The largest absolute Gasteiger partial charge is 0.494 e. The molecule has 6 heteroatoms. The third kappa shape index (κ3) is 3.49. The molecule has 0 fully saturated rings. The van der Waals surface area contributed by atoms with Gasteiger partial charge in [0.05, 0.1) is 17.5 Å². The lowest BCUT2D eigenvalue weighted by atomic mass is 9.98. The second-order valence-electron chi connectivity index (χ2n) is 4.89. The Morgan fingerprint density at radius 1 is 1.42 bits per heavy atom. The first kappa shape index (κ1) is 16.5. The summed E-state index contributed by atoms with van der Waals surface area (Å²) in [6, 6.07) is 5.11. The van der Waals surface area contributed by atoms with Crippen molar-refractivity contribution in [3.05, 3.63) is 28.2 Å². The lowest BCUT2D eigenvalue weighted by Gasteiger charge is -2.29. The number of halogens is 1. The monoisotopic (exact) mass is 350 g/mol. The van der Waals surface area contributed by atoms with Gasteiger partial charge in [-0.15, -0.1) is 0 Å². The maximum Gasteiger partial charge on any atom is 0.155 e. The number of rotatable bonds is 5. The molecule has 0 aliphatic rings. The maximum atomic E-state index is 11.7. The second-order valence-corrected chi connectivity index (χ2v) is 8.35. The van der Waals surface area contributed by atoms with Crippen molar-refractivity contribution in [2.45, 2.75) is 31.6 Å². The van der Waals surface area contributed by atoms with Crippen LogP contribution >= 0.6 is 15.9 Å². The van der Waals surface area contributed by atoms with Crippen LogP contribution < -0.4 is 4.74 Å². The van der Waals surface area contributed by atoms with E-state index in [1.165, 1.54) is 13.8 Å². The third-order valence-corrected chi connectivity index (χ3v) is 6.01. The maximum absolute atomic E-state index is 11.7. The van der Waals surface area contributed by atoms with Crippen molar-refractivity contribution < 1.29 is 18.3 Å². The van der Waals surface area contributed by atoms with Crippen LogP contribution in [0, 0.1) is 0 Å². The minimum atomic E-state index is -3.39. The Kier molecular flexibility index (Phi) is 5.03. The molecule has 1 atom stereocenters. The molecule has 1 unspecified atom stereocenters. The molecular formula is C13H19BrO4S. The van der Waals surface area contributed by atoms with Gasteiger partial charge in [-0.05, 0) is 38.5 Å². The van der Waals surface area contributed by atoms with Gasteiger partial charge in [0.15, 0.2) is 9.84 Å². The topological polar surface area (TPSA) is 63.6 Å². The standard InChI is InChI=1S/C13H19BrO4S/c1-5-18-9-6-7-10(11(14)8-9)12(15)13(2,3)19(4,16)17/h6-8,12,15H,5H2,1-4H3. The lowest BCUT2D eigenvalue weighted by Crippen LogP contribution is -2.38. The molecular weight excluding hydrogens is 332 g/mol. The van der Waals surface area contributed by atoms with E-state index in [9.17, 15) is 13.5 Å². The highest BCUT2D eigenvalue weighted by molar-refractivity contribution is 9.10. The number of ether oxygens (including phenoxy) is 1. The van der Waals surface area contributed by atoms with Crippen LogP contribution in [0.2, 0.25) is 0 Å². The summed E-state index contributed by atoms with van der Waals surface area (Å²) in [4.78, 5) is 0. The normalized spacial score (nSPS) is 14.2. The van der Waals surface area contributed by atoms with Crippen LogP contribution in [0.1, 0.15) is 32.4 Å². The Morgan fingerprint density at radius 2 is 2.00 bits per heavy atom. The summed E-state index contributed by atoms with van der Waals surface area (Å²) in [5, 5.41) is 10.3. The minimum absolute atomic E-state index is 0.527. The van der Waals surface area contributed by atoms with Gasteiger partial charge in [-0.1, -0.05) is 22.0 Å². The average Bonchev–Trinajstić information content (AvgIpc) is 2.27. The first-order valence-corrected chi connectivity index (χ1v) is 8.59. The first-order chi connectivity index (χ1) is 8.61. The van der Waals surface area contributed by atoms with E-state index >= 15 is 0 Å². The van der Waals surface area contributed by atoms with E-state index in [-0.39, 0.29) is 0 Å². The van der Waals surface area contributed by atoms with Gasteiger partial charge in [0.25, 0.3) is 0 Å². The van der Waals surface area contributed by atoms with Gasteiger partial charge in [-0.2, -0.15) is 0 Å². The SMILES string of the molecule is CCOc1ccc(C(O)C(C)(C)S(C)(=O)=O)c(Br)c1. The first-order valence-electron chi connectivity index (χ1n) is 5.91. The van der Waals surface area contributed by atoms with Crippen molar-refractivity contribution in [2.75, 3.05) is 12.9 Å². The second kappa shape index (κ2) is 5.81. The summed E-state index contributed by atoms with van der Waals surface area (Å²) in [5.41, 5.74) is 0.527. The quantitative estimate of drug-likeness (QED) is 0.886. The molecule has 0 aliphatic heterocycles. The fourth-order valence-electron chi connectivity index (χ4n) is 1.56. The molecule has 19 heavy (non-hydrogen) atoms. The number of sulfone groups is 1. The van der Waals surface area contributed by atoms with Gasteiger partial charge in [-0.25, -0.2) is 8.42 Å². The number of aliphatic hydroxyl groups excluding tert-OH is 1. The van der Waals surface area contributed by atoms with E-state index in [1.807, 2.05) is 6.92 Å². The summed E-state index contributed by atoms with van der Waals surface area (Å²) >= 11 is 3.34. The van der Waals surface area contributed by atoms with Crippen LogP contribution in [-0.4, -0.2) is 31.1 Å². The lowest BCUT2D eigenvalue weighted by molar-refractivity contribution is 0.138. The zero-order valence-electron chi connectivity index (χ0n) is 11.5. The highest BCUT2D eigenvalue weighted by Gasteiger charge is 2.39. The van der Waals surface area contributed by atoms with E-state index < -0.39 is 20.7 Å². The van der Waals surface area contributed by atoms with E-state index in [2.05, 4.69) is 15.9 Å². The fourth-order valence-corrected chi connectivity index (χ4v) is 2.67. The molecule has 0 amide bonds. The molecule has 1 rings (SSSR count). The Morgan fingerprint density at radius 3 is 2.42 bits per heavy atom. The van der Waals surface area contributed by atoms with E-state index in [1.54, 1.807) is 18.2 Å². The molecule has 1 N–H and O–H groups in total. The molecule has 0 heterocycles. The van der Waals surface area contributed by atoms with Crippen molar-refractivity contribution in [3.8, 4) is 5.75 Å². The van der Waals surface area contributed by atoms with Crippen molar-refractivity contribution in [1.82, 2.24) is 0 Å². The van der Waals surface area contributed by atoms with Gasteiger partial charge in [0, 0.05) is 10.7 Å². The van der Waals surface area contributed by atoms with E-state index in [4.69, 9.17) is 4.74 Å². The third-order valence-electron chi connectivity index (χ3n) is 3.19. The summed E-state index contributed by atoms with van der Waals surface area (Å²) in [6.45, 7) is 5.44. The Labute approximate surface area is 122 Å². The summed E-state index contributed by atoms with van der Waals surface area (Å²) in [6.07, 6.45) is 0.00569. The summed E-state index contributed by atoms with van der Waals surface area (Å²) in [5.74, 6) is 0.669. The zero-order chi connectivity index (χ0) is 14.8. The molecule has 0 radical (unpaired) electrons. The molecule has 0 saturated carbocycles. The van der Waals surface area contributed by atoms with Crippen molar-refractivity contribution in [2.24, 2.45) is 0 Å². The highest BCUT2D eigenvalue weighted by Crippen LogP contribution is 2.37. The number of aliphatic hydroxyl groups is 1. The molecule has 0 spiro atoms. The molecule has 0 saturated heterocycles. The van der Waals surface area contributed by atoms with Crippen LogP contribution in [0.15, 0.2) is 22.7 Å². The van der Waals surface area contributed by atoms with Gasteiger partial charge in [0.1, 0.15) is 5.75 Å². The van der Waals surface area contributed by atoms with E-state index in [0.717, 1.165) is 6.26 Å². The average molecular weight is 351 g/mol. The molecule has 0 aromatic heterocycles. The Hall–Kier alpha value is -0.590. The molecule has 4 nitrogen and oxygen atoms in total. The van der Waals surface area contributed by atoms with Gasteiger partial charge in [-0.3, -0.25) is 0 Å². The molecule has 0 bridgehead atoms. The number of hydrogen-bond acceptors (Lipinski definition) is 4. The van der Waals surface area contributed by atoms with Gasteiger partial charge < -0.3 is 9.84 Å². The smallest absolute Gasteiger partial charge is 0.155 e. The molecule has 0 aliphatic carbocycles. The van der Waals surface area contributed by atoms with Crippen LogP contribution in [0.25, 0.3) is 0 Å². The highest BCUT2D eigenvalue weighted by atomic mass is 79.9. The fraction of sp³-hybridized carbons (Fsp3) is 0.538. The predicted molar refractivity (Wildman–Crippen MR) is 79.2 cm³/mol. The number of hydrogen-bond donors (Lipinski definition) is 1. The Balaban J connectivity index is 3.17. The van der Waals surface area contributed by atoms with Crippen LogP contribution in [-0.2, 0) is 9.84 Å². The summed E-state index contributed by atoms with van der Waals surface area (Å²) < 4.78 is 28.2. The molecule has 1 aromatic rings. The van der Waals surface area contributed by atoms with Crippen molar-refractivity contribution >= 4 is 25.8 Å².